The monoisotopic (exact) mass is 154 g/mol. The highest BCUT2D eigenvalue weighted by atomic mass is 14.5. The van der Waals surface area contributed by atoms with Crippen molar-refractivity contribution in [2.75, 3.05) is 0 Å². The summed E-state index contributed by atoms with van der Waals surface area (Å²) < 4.78 is 0. The summed E-state index contributed by atoms with van der Waals surface area (Å²) in [4.78, 5) is 0. The Bertz CT molecular complexity index is 122. The zero-order valence-electron chi connectivity index (χ0n) is 8.48. The van der Waals surface area contributed by atoms with Crippen molar-refractivity contribution in [2.24, 2.45) is 17.3 Å². The first-order valence-corrected chi connectivity index (χ1v) is 5.14. The van der Waals surface area contributed by atoms with Crippen LogP contribution in [-0.4, -0.2) is 0 Å². The maximum absolute atomic E-state index is 2.47. The third kappa shape index (κ3) is 1.77. The van der Waals surface area contributed by atoms with E-state index in [0.717, 1.165) is 17.3 Å². The lowest BCUT2D eigenvalue weighted by molar-refractivity contribution is 0.222. The molecule has 0 radical (unpaired) electrons. The third-order valence-electron chi connectivity index (χ3n) is 3.70. The number of rotatable bonds is 4. The standard InChI is InChI=1S/C11H22/c1-5-9(3)10(6-2)11(4)7-8-11/h9-10H,5-8H2,1-4H3. The molecule has 0 aliphatic heterocycles. The fourth-order valence-electron chi connectivity index (χ4n) is 2.43. The molecule has 0 heteroatoms. The van der Waals surface area contributed by atoms with E-state index in [2.05, 4.69) is 27.7 Å². The highest BCUT2D eigenvalue weighted by Gasteiger charge is 2.45. The molecule has 0 N–H and O–H groups in total. The average molecular weight is 154 g/mol. The SMILES string of the molecule is CCC(C)C(CC)C1(C)CC1. The summed E-state index contributed by atoms with van der Waals surface area (Å²) in [6.07, 6.45) is 5.70. The van der Waals surface area contributed by atoms with Gasteiger partial charge in [-0.1, -0.05) is 40.5 Å². The Hall–Kier alpha value is 0. The van der Waals surface area contributed by atoms with Crippen molar-refractivity contribution in [3.05, 3.63) is 0 Å². The highest BCUT2D eigenvalue weighted by molar-refractivity contribution is 4.95. The van der Waals surface area contributed by atoms with Gasteiger partial charge in [-0.3, -0.25) is 0 Å². The van der Waals surface area contributed by atoms with Crippen LogP contribution in [0.5, 0.6) is 0 Å². The van der Waals surface area contributed by atoms with E-state index in [9.17, 15) is 0 Å². The van der Waals surface area contributed by atoms with Crippen LogP contribution in [-0.2, 0) is 0 Å². The summed E-state index contributed by atoms with van der Waals surface area (Å²) in [5, 5.41) is 0. The predicted molar refractivity (Wildman–Crippen MR) is 50.6 cm³/mol. The second-order valence-electron chi connectivity index (χ2n) is 4.55. The first-order chi connectivity index (χ1) is 5.14. The molecule has 0 bridgehead atoms. The van der Waals surface area contributed by atoms with Crippen LogP contribution in [0.3, 0.4) is 0 Å². The zero-order chi connectivity index (χ0) is 8.48. The van der Waals surface area contributed by atoms with Gasteiger partial charge in [0.05, 0.1) is 0 Å². The predicted octanol–water partition coefficient (Wildman–Crippen LogP) is 3.86. The van der Waals surface area contributed by atoms with E-state index in [1.54, 1.807) is 0 Å². The summed E-state index contributed by atoms with van der Waals surface area (Å²) in [7, 11) is 0. The Kier molecular flexibility index (Phi) is 2.61. The van der Waals surface area contributed by atoms with Gasteiger partial charge in [-0.05, 0) is 30.1 Å². The lowest BCUT2D eigenvalue weighted by atomic mass is 9.78. The van der Waals surface area contributed by atoms with E-state index in [4.69, 9.17) is 0 Å². The summed E-state index contributed by atoms with van der Waals surface area (Å²) in [5.41, 5.74) is 0.740. The van der Waals surface area contributed by atoms with Crippen molar-refractivity contribution < 1.29 is 0 Å². The van der Waals surface area contributed by atoms with Crippen LogP contribution in [0.4, 0.5) is 0 Å². The summed E-state index contributed by atoms with van der Waals surface area (Å²) in [5.74, 6) is 1.93. The van der Waals surface area contributed by atoms with Crippen molar-refractivity contribution in [3.8, 4) is 0 Å². The van der Waals surface area contributed by atoms with Crippen LogP contribution in [0.1, 0.15) is 53.4 Å². The van der Waals surface area contributed by atoms with Crippen molar-refractivity contribution >= 4 is 0 Å². The van der Waals surface area contributed by atoms with Crippen LogP contribution in [0.15, 0.2) is 0 Å². The van der Waals surface area contributed by atoms with Gasteiger partial charge >= 0.3 is 0 Å². The lowest BCUT2D eigenvalue weighted by Crippen LogP contribution is -2.19. The first kappa shape index (κ1) is 9.09. The van der Waals surface area contributed by atoms with Gasteiger partial charge in [-0.15, -0.1) is 0 Å². The lowest BCUT2D eigenvalue weighted by Gasteiger charge is -2.27. The number of hydrogen-bond acceptors (Lipinski definition) is 0. The molecule has 1 fully saturated rings. The molecule has 11 heavy (non-hydrogen) atoms. The van der Waals surface area contributed by atoms with Gasteiger partial charge in [0.1, 0.15) is 0 Å². The van der Waals surface area contributed by atoms with E-state index < -0.39 is 0 Å². The van der Waals surface area contributed by atoms with Gasteiger partial charge in [0, 0.05) is 0 Å². The molecule has 0 aromatic heterocycles. The highest BCUT2D eigenvalue weighted by Crippen LogP contribution is 2.55. The molecule has 0 spiro atoms. The normalized spacial score (nSPS) is 26.2. The molecule has 1 saturated carbocycles. The first-order valence-electron chi connectivity index (χ1n) is 5.14. The topological polar surface area (TPSA) is 0 Å². The minimum atomic E-state index is 0.740. The molecule has 2 unspecified atom stereocenters. The van der Waals surface area contributed by atoms with E-state index in [1.165, 1.54) is 25.7 Å². The van der Waals surface area contributed by atoms with Crippen molar-refractivity contribution in [2.45, 2.75) is 53.4 Å². The summed E-state index contributed by atoms with van der Waals surface area (Å²) in [6, 6.07) is 0. The van der Waals surface area contributed by atoms with Gasteiger partial charge in [-0.25, -0.2) is 0 Å². The average Bonchev–Trinajstić information content (AvgIpc) is 2.70. The molecule has 66 valence electrons. The molecule has 0 saturated heterocycles. The molecule has 0 amide bonds. The van der Waals surface area contributed by atoms with Crippen molar-refractivity contribution in [1.82, 2.24) is 0 Å². The van der Waals surface area contributed by atoms with Crippen LogP contribution in [0.25, 0.3) is 0 Å². The maximum atomic E-state index is 2.47. The minimum absolute atomic E-state index is 0.740. The van der Waals surface area contributed by atoms with Gasteiger partial charge in [-0.2, -0.15) is 0 Å². The largest absolute Gasteiger partial charge is 0.0651 e. The van der Waals surface area contributed by atoms with Crippen molar-refractivity contribution in [3.63, 3.8) is 0 Å². The fraction of sp³-hybridized carbons (Fsp3) is 1.00. The maximum Gasteiger partial charge on any atom is -0.0295 e. The summed E-state index contributed by atoms with van der Waals surface area (Å²) >= 11 is 0. The number of hydrogen-bond donors (Lipinski definition) is 0. The van der Waals surface area contributed by atoms with E-state index in [-0.39, 0.29) is 0 Å². The fourth-order valence-corrected chi connectivity index (χ4v) is 2.43. The molecule has 0 aromatic rings. The van der Waals surface area contributed by atoms with Gasteiger partial charge in [0.2, 0.25) is 0 Å². The Morgan fingerprint density at radius 1 is 1.18 bits per heavy atom. The zero-order valence-corrected chi connectivity index (χ0v) is 8.48. The Balaban J connectivity index is 2.49. The third-order valence-corrected chi connectivity index (χ3v) is 3.70. The molecule has 0 nitrogen and oxygen atoms in total. The Morgan fingerprint density at radius 2 is 1.73 bits per heavy atom. The minimum Gasteiger partial charge on any atom is -0.0651 e. The van der Waals surface area contributed by atoms with E-state index in [1.807, 2.05) is 0 Å². The quantitative estimate of drug-likeness (QED) is 0.577. The molecule has 1 rings (SSSR count). The van der Waals surface area contributed by atoms with Gasteiger partial charge in [0.15, 0.2) is 0 Å². The molecule has 1 aliphatic rings. The van der Waals surface area contributed by atoms with Crippen LogP contribution >= 0.6 is 0 Å². The molecular formula is C11H22. The Morgan fingerprint density at radius 3 is 2.00 bits per heavy atom. The Labute approximate surface area is 71.4 Å². The van der Waals surface area contributed by atoms with Crippen molar-refractivity contribution in [1.29, 1.82) is 0 Å². The molecule has 2 atom stereocenters. The second-order valence-corrected chi connectivity index (χ2v) is 4.55. The van der Waals surface area contributed by atoms with Gasteiger partial charge < -0.3 is 0 Å². The van der Waals surface area contributed by atoms with Crippen LogP contribution in [0, 0.1) is 17.3 Å². The molecule has 0 heterocycles. The summed E-state index contributed by atoms with van der Waals surface area (Å²) in [6.45, 7) is 9.55. The van der Waals surface area contributed by atoms with E-state index in [0.29, 0.717) is 0 Å². The molecule has 1 aliphatic carbocycles. The molecular weight excluding hydrogens is 132 g/mol. The van der Waals surface area contributed by atoms with Crippen LogP contribution < -0.4 is 0 Å². The van der Waals surface area contributed by atoms with Crippen LogP contribution in [0.2, 0.25) is 0 Å². The van der Waals surface area contributed by atoms with Gasteiger partial charge in [0.25, 0.3) is 0 Å². The van der Waals surface area contributed by atoms with E-state index >= 15 is 0 Å². The molecule has 0 aromatic carbocycles. The second kappa shape index (κ2) is 3.16. The smallest absolute Gasteiger partial charge is 0.0295 e.